The Kier molecular flexibility index (Phi) is 9.26. The Labute approximate surface area is 172 Å². The molecule has 5 nitrogen and oxygen atoms in total. The third kappa shape index (κ3) is 7.44. The van der Waals surface area contributed by atoms with E-state index in [0.29, 0.717) is 0 Å². The largest absolute Gasteiger partial charge is 0.356 e. The van der Waals surface area contributed by atoms with Crippen molar-refractivity contribution in [2.24, 2.45) is 4.99 Å². The van der Waals surface area contributed by atoms with Crippen LogP contribution in [0.3, 0.4) is 0 Å². The zero-order valence-electron chi connectivity index (χ0n) is 18.7. The molecule has 0 amide bonds. The lowest BCUT2D eigenvalue weighted by Crippen LogP contribution is -2.44. The molecule has 1 aliphatic heterocycles. The second kappa shape index (κ2) is 11.4. The number of rotatable bonds is 8. The van der Waals surface area contributed by atoms with Crippen molar-refractivity contribution in [2.75, 3.05) is 59.9 Å². The molecule has 1 aromatic carbocycles. The van der Waals surface area contributed by atoms with Crippen molar-refractivity contribution < 1.29 is 0 Å². The second-order valence-electron chi connectivity index (χ2n) is 8.64. The number of aliphatic imine (C=N–C) groups is 1. The van der Waals surface area contributed by atoms with Gasteiger partial charge in [0, 0.05) is 38.6 Å². The molecule has 0 unspecified atom stereocenters. The lowest BCUT2D eigenvalue weighted by molar-refractivity contribution is 0.274. The minimum Gasteiger partial charge on any atom is -0.356 e. The average molecular weight is 388 g/mol. The van der Waals surface area contributed by atoms with Crippen molar-refractivity contribution in [3.05, 3.63) is 35.4 Å². The van der Waals surface area contributed by atoms with Crippen LogP contribution >= 0.6 is 0 Å². The summed E-state index contributed by atoms with van der Waals surface area (Å²) in [7, 11) is 4.07. The highest BCUT2D eigenvalue weighted by Crippen LogP contribution is 2.22. The number of hydrogen-bond donors (Lipinski definition) is 2. The quantitative estimate of drug-likeness (QED) is 0.409. The number of benzene rings is 1. The van der Waals surface area contributed by atoms with Crippen LogP contribution < -0.4 is 10.6 Å². The van der Waals surface area contributed by atoms with E-state index in [4.69, 9.17) is 0 Å². The summed E-state index contributed by atoms with van der Waals surface area (Å²) in [6, 6.07) is 9.00. The van der Waals surface area contributed by atoms with Crippen molar-refractivity contribution in [3.63, 3.8) is 0 Å². The van der Waals surface area contributed by atoms with E-state index in [-0.39, 0.29) is 5.41 Å². The standard InChI is InChI=1S/C23H41N5/c1-6-20-9-11-21(12-10-20)23(2,3)19-26-22(24-4)25-13-7-15-28-16-8-14-27(5)17-18-28/h9-12H,6-8,13-19H2,1-5H3,(H2,24,25,26). The van der Waals surface area contributed by atoms with E-state index in [0.717, 1.165) is 38.4 Å². The van der Waals surface area contributed by atoms with E-state index in [1.807, 2.05) is 7.05 Å². The minimum absolute atomic E-state index is 0.0575. The van der Waals surface area contributed by atoms with E-state index >= 15 is 0 Å². The molecule has 0 spiro atoms. The first-order chi connectivity index (χ1) is 13.4. The molecule has 0 atom stereocenters. The summed E-state index contributed by atoms with van der Waals surface area (Å²) in [6.07, 6.45) is 3.51. The zero-order chi connectivity index (χ0) is 20.4. The molecule has 158 valence electrons. The molecule has 5 heteroatoms. The van der Waals surface area contributed by atoms with Crippen LogP contribution in [-0.2, 0) is 11.8 Å². The molecular weight excluding hydrogens is 346 g/mol. The normalized spacial score (nSPS) is 17.4. The average Bonchev–Trinajstić information content (AvgIpc) is 2.91. The first kappa shape index (κ1) is 22.7. The van der Waals surface area contributed by atoms with Crippen molar-refractivity contribution in [1.82, 2.24) is 20.4 Å². The van der Waals surface area contributed by atoms with E-state index in [1.165, 1.54) is 43.7 Å². The number of hydrogen-bond acceptors (Lipinski definition) is 3. The van der Waals surface area contributed by atoms with E-state index in [9.17, 15) is 0 Å². The fourth-order valence-electron chi connectivity index (χ4n) is 3.65. The summed E-state index contributed by atoms with van der Waals surface area (Å²) in [4.78, 5) is 9.42. The van der Waals surface area contributed by atoms with Crippen LogP contribution in [0.25, 0.3) is 0 Å². The molecular formula is C23H41N5. The maximum Gasteiger partial charge on any atom is 0.191 e. The zero-order valence-corrected chi connectivity index (χ0v) is 18.7. The Morgan fingerprint density at radius 1 is 1.07 bits per heavy atom. The van der Waals surface area contributed by atoms with E-state index in [1.54, 1.807) is 0 Å². The SMILES string of the molecule is CCc1ccc(C(C)(C)CNC(=NC)NCCCN2CCCN(C)CC2)cc1. The Morgan fingerprint density at radius 3 is 2.50 bits per heavy atom. The third-order valence-corrected chi connectivity index (χ3v) is 5.82. The Morgan fingerprint density at radius 2 is 1.82 bits per heavy atom. The van der Waals surface area contributed by atoms with Gasteiger partial charge in [-0.2, -0.15) is 0 Å². The summed E-state index contributed by atoms with van der Waals surface area (Å²) < 4.78 is 0. The third-order valence-electron chi connectivity index (χ3n) is 5.82. The molecule has 0 radical (unpaired) electrons. The molecule has 1 aromatic rings. The maximum absolute atomic E-state index is 4.40. The van der Waals surface area contributed by atoms with Crippen LogP contribution in [-0.4, -0.2) is 75.7 Å². The second-order valence-corrected chi connectivity index (χ2v) is 8.64. The molecule has 2 N–H and O–H groups in total. The van der Waals surface area contributed by atoms with E-state index < -0.39 is 0 Å². The highest BCUT2D eigenvalue weighted by atomic mass is 15.2. The molecule has 1 aliphatic rings. The summed E-state index contributed by atoms with van der Waals surface area (Å²) in [5, 5.41) is 6.99. The Balaban J connectivity index is 1.71. The van der Waals surface area contributed by atoms with E-state index in [2.05, 4.69) is 77.5 Å². The first-order valence-corrected chi connectivity index (χ1v) is 10.9. The number of nitrogens with zero attached hydrogens (tertiary/aromatic N) is 3. The van der Waals surface area contributed by atoms with Crippen molar-refractivity contribution in [3.8, 4) is 0 Å². The van der Waals surface area contributed by atoms with Gasteiger partial charge in [-0.3, -0.25) is 4.99 Å². The lowest BCUT2D eigenvalue weighted by Gasteiger charge is -2.27. The summed E-state index contributed by atoms with van der Waals surface area (Å²) in [5.74, 6) is 0.897. The molecule has 0 aromatic heterocycles. The topological polar surface area (TPSA) is 42.9 Å². The van der Waals surface area contributed by atoms with Gasteiger partial charge in [-0.25, -0.2) is 0 Å². The van der Waals surface area contributed by atoms with Crippen LogP contribution in [0, 0.1) is 0 Å². The van der Waals surface area contributed by atoms with Crippen molar-refractivity contribution >= 4 is 5.96 Å². The summed E-state index contributed by atoms with van der Waals surface area (Å²) >= 11 is 0. The highest BCUT2D eigenvalue weighted by molar-refractivity contribution is 5.79. The van der Waals surface area contributed by atoms with Gasteiger partial charge in [-0.15, -0.1) is 0 Å². The van der Waals surface area contributed by atoms with Crippen LogP contribution in [0.1, 0.15) is 44.7 Å². The summed E-state index contributed by atoms with van der Waals surface area (Å²) in [6.45, 7) is 14.6. The predicted octanol–water partition coefficient (Wildman–Crippen LogP) is 2.72. The molecule has 0 saturated carbocycles. The van der Waals surface area contributed by atoms with Gasteiger partial charge in [-0.05, 0) is 57.1 Å². The molecule has 0 bridgehead atoms. The van der Waals surface area contributed by atoms with Gasteiger partial charge < -0.3 is 20.4 Å². The van der Waals surface area contributed by atoms with Gasteiger partial charge in [-0.1, -0.05) is 45.0 Å². The fraction of sp³-hybridized carbons (Fsp3) is 0.696. The highest BCUT2D eigenvalue weighted by Gasteiger charge is 2.21. The summed E-state index contributed by atoms with van der Waals surface area (Å²) in [5.41, 5.74) is 2.81. The molecule has 1 fully saturated rings. The van der Waals surface area contributed by atoms with Crippen LogP contribution in [0.4, 0.5) is 0 Å². The smallest absolute Gasteiger partial charge is 0.191 e. The Bertz CT molecular complexity index is 594. The van der Waals surface area contributed by atoms with Crippen LogP contribution in [0.5, 0.6) is 0 Å². The number of guanidine groups is 1. The van der Waals surface area contributed by atoms with Crippen molar-refractivity contribution in [2.45, 2.75) is 45.4 Å². The minimum atomic E-state index is 0.0575. The molecule has 1 heterocycles. The molecule has 0 aliphatic carbocycles. The fourth-order valence-corrected chi connectivity index (χ4v) is 3.65. The molecule has 28 heavy (non-hydrogen) atoms. The lowest BCUT2D eigenvalue weighted by atomic mass is 9.84. The predicted molar refractivity (Wildman–Crippen MR) is 121 cm³/mol. The first-order valence-electron chi connectivity index (χ1n) is 10.9. The van der Waals surface area contributed by atoms with Crippen molar-refractivity contribution in [1.29, 1.82) is 0 Å². The number of nitrogens with one attached hydrogen (secondary N) is 2. The van der Waals surface area contributed by atoms with Crippen LogP contribution in [0.2, 0.25) is 0 Å². The maximum atomic E-state index is 4.40. The molecule has 1 saturated heterocycles. The number of likely N-dealkylation sites (N-methyl/N-ethyl adjacent to an activating group) is 1. The molecule has 2 rings (SSSR count). The van der Waals surface area contributed by atoms with Gasteiger partial charge in [0.1, 0.15) is 0 Å². The van der Waals surface area contributed by atoms with Gasteiger partial charge in [0.2, 0.25) is 0 Å². The monoisotopic (exact) mass is 387 g/mol. The van der Waals surface area contributed by atoms with Gasteiger partial charge in [0.05, 0.1) is 0 Å². The van der Waals surface area contributed by atoms with Gasteiger partial charge >= 0.3 is 0 Å². The van der Waals surface area contributed by atoms with Crippen LogP contribution in [0.15, 0.2) is 29.3 Å². The Hall–Kier alpha value is -1.59. The van der Waals surface area contributed by atoms with Gasteiger partial charge in [0.15, 0.2) is 5.96 Å². The number of aryl methyl sites for hydroxylation is 1. The van der Waals surface area contributed by atoms with Gasteiger partial charge in [0.25, 0.3) is 0 Å².